The van der Waals surface area contributed by atoms with Crippen LogP contribution in [0.3, 0.4) is 0 Å². The summed E-state index contributed by atoms with van der Waals surface area (Å²) in [6.07, 6.45) is 0.736. The highest BCUT2D eigenvalue weighted by atomic mass is 32.2. The largest absolute Gasteiger partial charge is 0.339 e. The Labute approximate surface area is 222 Å². The van der Waals surface area contributed by atoms with Crippen molar-refractivity contribution in [1.29, 1.82) is 0 Å². The third kappa shape index (κ3) is 6.08. The molecule has 198 valence electrons. The van der Waals surface area contributed by atoms with Crippen LogP contribution < -0.4 is 10.6 Å². The number of carbonyl (C=O) groups is 3. The lowest BCUT2D eigenvalue weighted by Crippen LogP contribution is -2.56. The second-order valence-electron chi connectivity index (χ2n) is 9.31. The lowest BCUT2D eigenvalue weighted by molar-refractivity contribution is -0.135. The summed E-state index contributed by atoms with van der Waals surface area (Å²) in [4.78, 5) is 40.1. The Balaban J connectivity index is 1.73. The van der Waals surface area contributed by atoms with E-state index in [0.29, 0.717) is 22.1 Å². The Morgan fingerprint density at radius 2 is 2.00 bits per heavy atom. The summed E-state index contributed by atoms with van der Waals surface area (Å²) >= 11 is 2.77. The van der Waals surface area contributed by atoms with Gasteiger partial charge in [0.15, 0.2) is 5.78 Å². The molecule has 4 rings (SSSR count). The third-order valence-corrected chi connectivity index (χ3v) is 9.92. The molecule has 0 aliphatic carbocycles. The van der Waals surface area contributed by atoms with E-state index in [2.05, 4.69) is 10.6 Å². The van der Waals surface area contributed by atoms with Gasteiger partial charge < -0.3 is 10.6 Å². The Morgan fingerprint density at radius 1 is 1.22 bits per heavy atom. The Morgan fingerprint density at radius 3 is 2.70 bits per heavy atom. The molecule has 2 N–H and O–H groups in total. The van der Waals surface area contributed by atoms with Gasteiger partial charge in [-0.15, -0.1) is 22.7 Å². The number of sulfonamides is 1. The fraction of sp³-hybridized carbons (Fsp3) is 0.400. The van der Waals surface area contributed by atoms with Gasteiger partial charge in [-0.1, -0.05) is 19.9 Å². The van der Waals surface area contributed by atoms with Gasteiger partial charge in [-0.3, -0.25) is 14.4 Å². The fourth-order valence-corrected chi connectivity index (χ4v) is 7.97. The minimum absolute atomic E-state index is 0.0775. The summed E-state index contributed by atoms with van der Waals surface area (Å²) in [5.41, 5.74) is 0. The van der Waals surface area contributed by atoms with Crippen LogP contribution in [0.2, 0.25) is 0 Å². The molecule has 0 radical (unpaired) electrons. The van der Waals surface area contributed by atoms with E-state index in [1.165, 1.54) is 34.8 Å². The first-order chi connectivity index (χ1) is 17.6. The molecule has 1 aromatic carbocycles. The maximum absolute atomic E-state index is 14.0. The minimum atomic E-state index is -4.62. The number of nitrogens with one attached hydrogen (secondary N) is 2. The van der Waals surface area contributed by atoms with Gasteiger partial charge in [0.05, 0.1) is 16.3 Å². The van der Waals surface area contributed by atoms with Crippen molar-refractivity contribution in [3.05, 3.63) is 52.5 Å². The quantitative estimate of drug-likeness (QED) is 0.430. The van der Waals surface area contributed by atoms with Gasteiger partial charge in [-0.2, -0.15) is 0 Å². The number of hydrogen-bond donors (Lipinski definition) is 2. The van der Waals surface area contributed by atoms with Crippen molar-refractivity contribution in [1.82, 2.24) is 14.9 Å². The van der Waals surface area contributed by atoms with Gasteiger partial charge >= 0.3 is 0 Å². The summed E-state index contributed by atoms with van der Waals surface area (Å²) in [7, 11) is -4.62. The predicted molar refractivity (Wildman–Crippen MR) is 142 cm³/mol. The molecule has 0 spiro atoms. The van der Waals surface area contributed by atoms with Crippen LogP contribution in [-0.2, 0) is 19.6 Å². The van der Waals surface area contributed by atoms with Crippen LogP contribution in [0.1, 0.15) is 42.8 Å². The van der Waals surface area contributed by atoms with Crippen LogP contribution >= 0.6 is 22.7 Å². The summed E-state index contributed by atoms with van der Waals surface area (Å²) in [5.74, 6) is -2.73. The van der Waals surface area contributed by atoms with E-state index in [1.54, 1.807) is 6.07 Å². The van der Waals surface area contributed by atoms with E-state index in [0.717, 1.165) is 21.5 Å². The molecule has 12 heteroatoms. The topological polar surface area (TPSA) is 113 Å². The van der Waals surface area contributed by atoms with Gasteiger partial charge in [0.25, 0.3) is 21.8 Å². The van der Waals surface area contributed by atoms with Gasteiger partial charge in [0.1, 0.15) is 17.9 Å². The second-order valence-corrected chi connectivity index (χ2v) is 13.2. The molecule has 1 unspecified atom stereocenters. The number of hydrogen-bond acceptors (Lipinski definition) is 8. The summed E-state index contributed by atoms with van der Waals surface area (Å²) in [6.45, 7) is 4.09. The summed E-state index contributed by atoms with van der Waals surface area (Å²) in [6, 6.07) is 5.50. The first-order valence-electron chi connectivity index (χ1n) is 11.9. The number of benzene rings is 1. The van der Waals surface area contributed by atoms with Gasteiger partial charge in [-0.05, 0) is 67.4 Å². The van der Waals surface area contributed by atoms with E-state index < -0.39 is 50.4 Å². The molecular weight excluding hydrogens is 537 g/mol. The Bertz CT molecular complexity index is 1390. The zero-order chi connectivity index (χ0) is 26.7. The van der Waals surface area contributed by atoms with Crippen molar-refractivity contribution in [2.75, 3.05) is 13.1 Å². The molecule has 3 aromatic rings. The maximum Gasteiger partial charge on any atom is 0.267 e. The number of fused-ring (bicyclic) bond motifs is 1. The molecule has 0 bridgehead atoms. The number of rotatable bonds is 8. The molecule has 2 aromatic heterocycles. The molecule has 1 fully saturated rings. The zero-order valence-electron chi connectivity index (χ0n) is 20.4. The molecule has 2 amide bonds. The number of nitrogens with zero attached hydrogens (tertiary/aromatic N) is 1. The van der Waals surface area contributed by atoms with Gasteiger partial charge in [0.2, 0.25) is 0 Å². The van der Waals surface area contributed by atoms with Crippen molar-refractivity contribution in [3.63, 3.8) is 0 Å². The third-order valence-electron chi connectivity index (χ3n) is 6.03. The molecule has 1 saturated heterocycles. The average molecular weight is 566 g/mol. The number of amides is 2. The summed E-state index contributed by atoms with van der Waals surface area (Å²) in [5, 5.41) is 7.57. The summed E-state index contributed by atoms with van der Waals surface area (Å²) < 4.78 is 44.0. The lowest BCUT2D eigenvalue weighted by Gasteiger charge is -2.33. The van der Waals surface area contributed by atoms with Gasteiger partial charge in [-0.25, -0.2) is 17.1 Å². The van der Waals surface area contributed by atoms with E-state index >= 15 is 0 Å². The number of halogens is 1. The predicted octanol–water partition coefficient (Wildman–Crippen LogP) is 3.79. The lowest BCUT2D eigenvalue weighted by atomic mass is 10.0. The maximum atomic E-state index is 14.0. The Kier molecular flexibility index (Phi) is 8.42. The zero-order valence-corrected chi connectivity index (χ0v) is 22.8. The molecule has 2 atom stereocenters. The van der Waals surface area contributed by atoms with Crippen LogP contribution in [0.15, 0.2) is 46.7 Å². The van der Waals surface area contributed by atoms with Crippen LogP contribution in [-0.4, -0.2) is 55.5 Å². The van der Waals surface area contributed by atoms with E-state index in [1.807, 2.05) is 25.3 Å². The molecule has 1 aliphatic heterocycles. The highest BCUT2D eigenvalue weighted by Crippen LogP contribution is 2.30. The molecular formula is C25H28FN3O5S3. The van der Waals surface area contributed by atoms with E-state index in [4.69, 9.17) is 0 Å². The highest BCUT2D eigenvalue weighted by Gasteiger charge is 2.43. The highest BCUT2D eigenvalue weighted by molar-refractivity contribution is 7.89. The minimum Gasteiger partial charge on any atom is -0.339 e. The van der Waals surface area contributed by atoms with Crippen molar-refractivity contribution in [2.45, 2.75) is 50.1 Å². The average Bonchev–Trinajstić information content (AvgIpc) is 3.38. The number of ketones is 1. The van der Waals surface area contributed by atoms with Crippen LogP contribution in [0, 0.1) is 11.7 Å². The number of Topliss-reactive ketones (excluding diaryl/α,β-unsaturated/α-hetero) is 1. The first kappa shape index (κ1) is 27.4. The fourth-order valence-electron chi connectivity index (χ4n) is 4.29. The second kappa shape index (κ2) is 11.4. The smallest absolute Gasteiger partial charge is 0.267 e. The molecule has 3 heterocycles. The monoisotopic (exact) mass is 565 g/mol. The Hall–Kier alpha value is -2.67. The van der Waals surface area contributed by atoms with Crippen LogP contribution in [0.25, 0.3) is 9.40 Å². The standard InChI is InChI=1S/C25H28FN3O5S3/c1-15(2)11-18(28-24(31)23-13-22-21(36-23)8-10-35-22)25(32)29(19-7-4-9-27-14-20(19)30)37(33,34)17-6-3-5-16(26)12-17/h3,5-6,8,10,12-13,15,18-19,27H,4,7,9,11,14H2,1-2H3,(H,28,31)/t18?,19-/m0/s1. The first-order valence-corrected chi connectivity index (χ1v) is 15.1. The normalized spacial score (nSPS) is 17.5. The van der Waals surface area contributed by atoms with Crippen LogP contribution in [0.4, 0.5) is 4.39 Å². The van der Waals surface area contributed by atoms with Crippen molar-refractivity contribution >= 4 is 59.7 Å². The van der Waals surface area contributed by atoms with E-state index in [-0.39, 0.29) is 25.3 Å². The van der Waals surface area contributed by atoms with Gasteiger partial charge in [0, 0.05) is 9.40 Å². The van der Waals surface area contributed by atoms with Crippen molar-refractivity contribution < 1.29 is 27.2 Å². The number of carbonyl (C=O) groups excluding carboxylic acids is 3. The molecule has 37 heavy (non-hydrogen) atoms. The van der Waals surface area contributed by atoms with Crippen LogP contribution in [0.5, 0.6) is 0 Å². The molecule has 1 aliphatic rings. The van der Waals surface area contributed by atoms with Crippen molar-refractivity contribution in [3.8, 4) is 0 Å². The molecule has 0 saturated carbocycles. The SMILES string of the molecule is CC(C)CC(NC(=O)c1cc2sccc2s1)C(=O)N([C@H]1CCCNCC1=O)S(=O)(=O)c1cccc(F)c1. The van der Waals surface area contributed by atoms with Crippen molar-refractivity contribution in [2.24, 2.45) is 5.92 Å². The molecule has 8 nitrogen and oxygen atoms in total. The van der Waals surface area contributed by atoms with E-state index in [9.17, 15) is 27.2 Å². The number of thiophene rings is 2.